The fourth-order valence-electron chi connectivity index (χ4n) is 4.24. The summed E-state index contributed by atoms with van der Waals surface area (Å²) in [5.41, 5.74) is 1.64. The average molecular weight is 545 g/mol. The maximum Gasteiger partial charge on any atom is 0.335 e. The number of ether oxygens (including phenoxy) is 1. The van der Waals surface area contributed by atoms with E-state index in [9.17, 15) is 19.5 Å². The predicted molar refractivity (Wildman–Crippen MR) is 144 cm³/mol. The number of rotatable bonds is 10. The molecule has 2 atom stereocenters. The number of urea groups is 1. The van der Waals surface area contributed by atoms with Crippen LogP contribution < -0.4 is 15.4 Å². The molecule has 2 aromatic rings. The number of aromatic carboxylic acids is 1. The molecular weight excluding hydrogens is 512 g/mol. The highest BCUT2D eigenvalue weighted by atomic mass is 35.5. The van der Waals surface area contributed by atoms with Gasteiger partial charge in [-0.1, -0.05) is 42.2 Å². The molecule has 0 aliphatic carbocycles. The van der Waals surface area contributed by atoms with Crippen LogP contribution in [0.5, 0.6) is 5.75 Å². The summed E-state index contributed by atoms with van der Waals surface area (Å²) in [5.74, 6) is -1.07. The molecule has 0 spiro atoms. The molecule has 1 aliphatic heterocycles. The number of carboxylic acids is 1. The zero-order valence-corrected chi connectivity index (χ0v) is 22.5. The van der Waals surface area contributed by atoms with E-state index >= 15 is 0 Å². The average Bonchev–Trinajstić information content (AvgIpc) is 3.06. The van der Waals surface area contributed by atoms with Crippen molar-refractivity contribution in [1.82, 2.24) is 15.5 Å². The summed E-state index contributed by atoms with van der Waals surface area (Å²) in [5, 5.41) is 19.8. The maximum absolute atomic E-state index is 13.7. The van der Waals surface area contributed by atoms with Crippen molar-refractivity contribution in [2.24, 2.45) is 11.1 Å². The fourth-order valence-corrected chi connectivity index (χ4v) is 4.43. The summed E-state index contributed by atoms with van der Waals surface area (Å²) in [4.78, 5) is 44.8. The van der Waals surface area contributed by atoms with E-state index in [4.69, 9.17) is 21.2 Å². The molecule has 0 bridgehead atoms. The molecule has 0 unspecified atom stereocenters. The minimum absolute atomic E-state index is 0.0926. The van der Waals surface area contributed by atoms with Gasteiger partial charge in [-0.25, -0.2) is 9.59 Å². The van der Waals surface area contributed by atoms with Crippen LogP contribution in [0.2, 0.25) is 5.02 Å². The molecule has 0 radical (unpaired) electrons. The van der Waals surface area contributed by atoms with E-state index in [0.29, 0.717) is 29.6 Å². The van der Waals surface area contributed by atoms with Crippen molar-refractivity contribution in [1.29, 1.82) is 0 Å². The smallest absolute Gasteiger partial charge is 0.335 e. The lowest BCUT2D eigenvalue weighted by Gasteiger charge is -2.26. The zero-order chi connectivity index (χ0) is 27.7. The molecule has 3 amide bonds. The Hall–Kier alpha value is -3.79. The van der Waals surface area contributed by atoms with Crippen LogP contribution >= 0.6 is 11.6 Å². The van der Waals surface area contributed by atoms with E-state index in [-0.39, 0.29) is 31.0 Å². The molecule has 11 heteroatoms. The highest BCUT2D eigenvalue weighted by molar-refractivity contribution is 6.30. The number of amides is 3. The van der Waals surface area contributed by atoms with E-state index in [1.165, 1.54) is 12.1 Å². The molecule has 0 aromatic heterocycles. The molecule has 1 saturated heterocycles. The first kappa shape index (κ1) is 28.8. The lowest BCUT2D eigenvalue weighted by Crippen LogP contribution is -2.48. The summed E-state index contributed by atoms with van der Waals surface area (Å²) >= 11 is 6.19. The number of imide groups is 1. The van der Waals surface area contributed by atoms with Crippen molar-refractivity contribution in [2.45, 2.75) is 39.2 Å². The molecule has 1 fully saturated rings. The van der Waals surface area contributed by atoms with Gasteiger partial charge in [-0.15, -0.1) is 0 Å². The van der Waals surface area contributed by atoms with Crippen LogP contribution in [-0.2, 0) is 16.1 Å². The van der Waals surface area contributed by atoms with E-state index < -0.39 is 24.0 Å². The summed E-state index contributed by atoms with van der Waals surface area (Å²) < 4.78 is 5.44. The lowest BCUT2D eigenvalue weighted by molar-refractivity contribution is -0.131. The van der Waals surface area contributed by atoms with Gasteiger partial charge >= 0.3 is 12.0 Å². The molecule has 10 nitrogen and oxygen atoms in total. The van der Waals surface area contributed by atoms with E-state index in [2.05, 4.69) is 15.8 Å². The molecule has 1 heterocycles. The molecule has 38 heavy (non-hydrogen) atoms. The van der Waals surface area contributed by atoms with Crippen LogP contribution in [0.15, 0.2) is 47.6 Å². The summed E-state index contributed by atoms with van der Waals surface area (Å²) in [6.07, 6.45) is 1.65. The Bertz CT molecular complexity index is 1170. The van der Waals surface area contributed by atoms with Crippen LogP contribution in [0.3, 0.4) is 0 Å². The van der Waals surface area contributed by atoms with Crippen LogP contribution in [0.4, 0.5) is 4.79 Å². The Morgan fingerprint density at radius 2 is 1.97 bits per heavy atom. The summed E-state index contributed by atoms with van der Waals surface area (Å²) in [6.45, 7) is 4.24. The van der Waals surface area contributed by atoms with Gasteiger partial charge < -0.3 is 25.3 Å². The van der Waals surface area contributed by atoms with Crippen molar-refractivity contribution >= 4 is 35.3 Å². The van der Waals surface area contributed by atoms with E-state index in [1.807, 2.05) is 6.92 Å². The third-order valence-corrected chi connectivity index (χ3v) is 6.40. The van der Waals surface area contributed by atoms with Crippen molar-refractivity contribution < 1.29 is 29.1 Å². The quantitative estimate of drug-likeness (QED) is 0.381. The highest BCUT2D eigenvalue weighted by Gasteiger charge is 2.35. The largest absolute Gasteiger partial charge is 0.496 e. The monoisotopic (exact) mass is 544 g/mol. The second-order valence-electron chi connectivity index (χ2n) is 8.84. The number of amidine groups is 1. The number of nitrogens with one attached hydrogen (secondary N) is 2. The van der Waals surface area contributed by atoms with Gasteiger partial charge in [0.2, 0.25) is 5.91 Å². The second kappa shape index (κ2) is 13.7. The molecular formula is C27H33ClN4O6. The Morgan fingerprint density at radius 3 is 2.61 bits per heavy atom. The van der Waals surface area contributed by atoms with Crippen LogP contribution in [0.25, 0.3) is 0 Å². The predicted octanol–water partition coefficient (Wildman–Crippen LogP) is 4.24. The van der Waals surface area contributed by atoms with E-state index in [1.54, 1.807) is 44.4 Å². The van der Waals surface area contributed by atoms with E-state index in [0.717, 1.165) is 22.4 Å². The van der Waals surface area contributed by atoms with Crippen molar-refractivity contribution in [3.63, 3.8) is 0 Å². The number of hydrogen-bond acceptors (Lipinski definition) is 6. The van der Waals surface area contributed by atoms with Gasteiger partial charge in [-0.2, -0.15) is 0 Å². The van der Waals surface area contributed by atoms with Gasteiger partial charge in [0.1, 0.15) is 12.4 Å². The van der Waals surface area contributed by atoms with Gasteiger partial charge in [0.05, 0.1) is 31.2 Å². The minimum Gasteiger partial charge on any atom is -0.496 e. The third-order valence-electron chi connectivity index (χ3n) is 6.17. The normalized spacial score (nSPS) is 17.4. The van der Waals surface area contributed by atoms with Crippen LogP contribution in [0, 0.1) is 5.92 Å². The van der Waals surface area contributed by atoms with Gasteiger partial charge in [-0.3, -0.25) is 9.69 Å². The third kappa shape index (κ3) is 7.38. The molecule has 0 saturated carbocycles. The van der Waals surface area contributed by atoms with Crippen LogP contribution in [-0.4, -0.2) is 60.6 Å². The Morgan fingerprint density at radius 1 is 1.24 bits per heavy atom. The SMILES string of the molecule is CCC[C@@H](NC(=O)N1C/C(=N/OCC)NC[C@H](Cc2cc(Cl)ccc2OC)C1=O)c1ccc(C(=O)O)cc1. The molecule has 204 valence electrons. The number of carbonyl (C=O) groups is 3. The molecule has 1 aliphatic rings. The Kier molecular flexibility index (Phi) is 10.3. The number of oxime groups is 1. The van der Waals surface area contributed by atoms with Crippen molar-refractivity contribution in [2.75, 3.05) is 26.8 Å². The molecule has 2 aromatic carbocycles. The number of halogens is 1. The lowest BCUT2D eigenvalue weighted by atomic mass is 9.97. The van der Waals surface area contributed by atoms with Crippen LogP contribution in [0.1, 0.15) is 54.2 Å². The van der Waals surface area contributed by atoms with Crippen molar-refractivity contribution in [3.8, 4) is 5.75 Å². The number of hydrogen-bond donors (Lipinski definition) is 3. The Labute approximate surface area is 226 Å². The Balaban J connectivity index is 1.87. The zero-order valence-electron chi connectivity index (χ0n) is 21.7. The number of methoxy groups -OCH3 is 1. The molecule has 3 N–H and O–H groups in total. The molecule has 3 rings (SSSR count). The van der Waals surface area contributed by atoms with Gasteiger partial charge in [-0.05, 0) is 61.2 Å². The first-order valence-electron chi connectivity index (χ1n) is 12.5. The topological polar surface area (TPSA) is 130 Å². The first-order chi connectivity index (χ1) is 18.3. The van der Waals surface area contributed by atoms with Gasteiger partial charge in [0.15, 0.2) is 5.84 Å². The number of benzene rings is 2. The second-order valence-corrected chi connectivity index (χ2v) is 9.27. The maximum atomic E-state index is 13.7. The highest BCUT2D eigenvalue weighted by Crippen LogP contribution is 2.27. The summed E-state index contributed by atoms with van der Waals surface area (Å²) in [6, 6.07) is 10.5. The van der Waals surface area contributed by atoms with Crippen molar-refractivity contribution in [3.05, 3.63) is 64.2 Å². The number of carbonyl (C=O) groups excluding carboxylic acids is 2. The summed E-state index contributed by atoms with van der Waals surface area (Å²) in [7, 11) is 1.55. The number of carboxylic acid groups (broad SMARTS) is 1. The van der Waals surface area contributed by atoms with Gasteiger partial charge in [0.25, 0.3) is 0 Å². The first-order valence-corrected chi connectivity index (χ1v) is 12.8. The standard InChI is InChI=1S/C27H33ClN4O6/c1-4-6-22(17-7-9-18(10-8-17)26(34)35)30-27(36)32-16-24(31-38-5-2)29-15-20(25(32)33)13-19-14-21(28)11-12-23(19)37-3/h7-12,14,20,22H,4-6,13,15-16H2,1-3H3,(H,29,31)(H,30,36)(H,34,35)/t20-,22+/m0/s1. The van der Waals surface area contributed by atoms with Gasteiger partial charge in [0, 0.05) is 11.6 Å². The minimum atomic E-state index is -1.03. The fraction of sp³-hybridized carbons (Fsp3) is 0.407. The number of nitrogens with zero attached hydrogens (tertiary/aromatic N) is 2.